The van der Waals surface area contributed by atoms with E-state index >= 15 is 0 Å². The van der Waals surface area contributed by atoms with Crippen LogP contribution in [0.4, 0.5) is 5.69 Å². The number of rotatable bonds is 4. The fourth-order valence-electron chi connectivity index (χ4n) is 0.827. The second-order valence-corrected chi connectivity index (χ2v) is 2.51. The number of carbonyl (C=O) groups is 1. The molecule has 0 radical (unpaired) electrons. The monoisotopic (exact) mass is 180 g/mol. The summed E-state index contributed by atoms with van der Waals surface area (Å²) in [6, 6.07) is 9.28. The van der Waals surface area contributed by atoms with Crippen molar-refractivity contribution >= 4 is 11.6 Å². The van der Waals surface area contributed by atoms with Gasteiger partial charge in [0.1, 0.15) is 0 Å². The van der Waals surface area contributed by atoms with Crippen LogP contribution in [0, 0.1) is 0 Å². The molecule has 4 nitrogen and oxygen atoms in total. The van der Waals surface area contributed by atoms with Gasteiger partial charge in [0.2, 0.25) is 5.91 Å². The highest BCUT2D eigenvalue weighted by atomic mass is 16.3. The van der Waals surface area contributed by atoms with E-state index in [0.29, 0.717) is 0 Å². The maximum absolute atomic E-state index is 10.9. The van der Waals surface area contributed by atoms with Crippen molar-refractivity contribution in [3.8, 4) is 0 Å². The normalized spacial score (nSPS) is 9.31. The standard InChI is InChI=1S/C9H12N2O2/c12-7-6-9(13)11-10-8-4-2-1-3-5-8/h1-5,10,12H,6-7H2,(H,11,13). The third-order valence-corrected chi connectivity index (χ3v) is 1.46. The summed E-state index contributed by atoms with van der Waals surface area (Å²) in [6.07, 6.45) is 0.111. The van der Waals surface area contributed by atoms with Gasteiger partial charge in [0, 0.05) is 0 Å². The molecule has 1 amide bonds. The predicted molar refractivity (Wildman–Crippen MR) is 49.9 cm³/mol. The maximum atomic E-state index is 10.9. The fraction of sp³-hybridized carbons (Fsp3) is 0.222. The van der Waals surface area contributed by atoms with Crippen LogP contribution in [0.2, 0.25) is 0 Å². The molecule has 0 heterocycles. The molecule has 0 spiro atoms. The lowest BCUT2D eigenvalue weighted by Crippen LogP contribution is -2.29. The molecule has 0 atom stereocenters. The van der Waals surface area contributed by atoms with E-state index in [0.717, 1.165) is 5.69 Å². The minimum atomic E-state index is -0.230. The number of nitrogens with one attached hydrogen (secondary N) is 2. The minimum absolute atomic E-state index is 0.111. The third kappa shape index (κ3) is 3.57. The Bertz CT molecular complexity index is 262. The first-order valence-corrected chi connectivity index (χ1v) is 4.03. The predicted octanol–water partition coefficient (Wildman–Crippen LogP) is 0.512. The summed E-state index contributed by atoms with van der Waals surface area (Å²) >= 11 is 0. The highest BCUT2D eigenvalue weighted by molar-refractivity contribution is 5.77. The van der Waals surface area contributed by atoms with Crippen molar-refractivity contribution in [3.05, 3.63) is 30.3 Å². The lowest BCUT2D eigenvalue weighted by Gasteiger charge is -2.06. The van der Waals surface area contributed by atoms with E-state index in [2.05, 4.69) is 10.9 Å². The SMILES string of the molecule is O=C(CCO)NNc1ccccc1. The molecule has 0 bridgehead atoms. The Morgan fingerprint density at radius 2 is 2.00 bits per heavy atom. The zero-order chi connectivity index (χ0) is 9.52. The second-order valence-electron chi connectivity index (χ2n) is 2.51. The Kier molecular flexibility index (Phi) is 3.78. The number of hydrazine groups is 1. The summed E-state index contributed by atoms with van der Waals surface area (Å²) in [5.74, 6) is -0.230. The molecule has 0 aliphatic carbocycles. The van der Waals surface area contributed by atoms with Crippen molar-refractivity contribution < 1.29 is 9.90 Å². The first kappa shape index (κ1) is 9.54. The molecule has 0 aliphatic heterocycles. The van der Waals surface area contributed by atoms with E-state index in [1.807, 2.05) is 30.3 Å². The van der Waals surface area contributed by atoms with Crippen molar-refractivity contribution in [2.24, 2.45) is 0 Å². The van der Waals surface area contributed by atoms with E-state index in [1.165, 1.54) is 0 Å². The van der Waals surface area contributed by atoms with Crippen LogP contribution in [0.25, 0.3) is 0 Å². The maximum Gasteiger partial charge on any atom is 0.240 e. The molecule has 4 heteroatoms. The first-order chi connectivity index (χ1) is 6.33. The Balaban J connectivity index is 2.31. The van der Waals surface area contributed by atoms with Crippen molar-refractivity contribution in [1.29, 1.82) is 0 Å². The molecule has 0 unspecified atom stereocenters. The number of hydrogen-bond acceptors (Lipinski definition) is 3. The summed E-state index contributed by atoms with van der Waals surface area (Å²) in [5, 5.41) is 8.45. The van der Waals surface area contributed by atoms with Gasteiger partial charge in [0.05, 0.1) is 18.7 Å². The molecule has 0 saturated carbocycles. The van der Waals surface area contributed by atoms with Crippen LogP contribution < -0.4 is 10.9 Å². The first-order valence-electron chi connectivity index (χ1n) is 4.03. The number of amides is 1. The number of benzene rings is 1. The smallest absolute Gasteiger partial charge is 0.240 e. The van der Waals surface area contributed by atoms with Crippen LogP contribution in [0.1, 0.15) is 6.42 Å². The third-order valence-electron chi connectivity index (χ3n) is 1.46. The van der Waals surface area contributed by atoms with Crippen LogP contribution >= 0.6 is 0 Å². The van der Waals surface area contributed by atoms with E-state index in [9.17, 15) is 4.79 Å². The van der Waals surface area contributed by atoms with Gasteiger partial charge >= 0.3 is 0 Å². The minimum Gasteiger partial charge on any atom is -0.396 e. The largest absolute Gasteiger partial charge is 0.396 e. The average Bonchev–Trinajstić information content (AvgIpc) is 2.17. The van der Waals surface area contributed by atoms with E-state index in [4.69, 9.17) is 5.11 Å². The van der Waals surface area contributed by atoms with Crippen LogP contribution in [0.3, 0.4) is 0 Å². The van der Waals surface area contributed by atoms with Gasteiger partial charge in [-0.1, -0.05) is 18.2 Å². The number of carbonyl (C=O) groups excluding carboxylic acids is 1. The summed E-state index contributed by atoms with van der Waals surface area (Å²) in [6.45, 7) is -0.137. The molecular formula is C9H12N2O2. The number of aliphatic hydroxyl groups excluding tert-OH is 1. The van der Waals surface area contributed by atoms with Crippen molar-refractivity contribution in [1.82, 2.24) is 5.43 Å². The Labute approximate surface area is 76.6 Å². The van der Waals surface area contributed by atoms with E-state index < -0.39 is 0 Å². The van der Waals surface area contributed by atoms with Gasteiger partial charge in [-0.15, -0.1) is 0 Å². The Hall–Kier alpha value is -1.55. The summed E-state index contributed by atoms with van der Waals surface area (Å²) in [7, 11) is 0. The topological polar surface area (TPSA) is 61.4 Å². The number of para-hydroxylation sites is 1. The average molecular weight is 180 g/mol. The lowest BCUT2D eigenvalue weighted by atomic mass is 10.3. The molecule has 13 heavy (non-hydrogen) atoms. The zero-order valence-electron chi connectivity index (χ0n) is 7.16. The van der Waals surface area contributed by atoms with Crippen LogP contribution in [-0.4, -0.2) is 17.6 Å². The highest BCUT2D eigenvalue weighted by Crippen LogP contribution is 2.02. The zero-order valence-corrected chi connectivity index (χ0v) is 7.16. The second kappa shape index (κ2) is 5.16. The highest BCUT2D eigenvalue weighted by Gasteiger charge is 1.97. The molecule has 1 aromatic carbocycles. The van der Waals surface area contributed by atoms with Gasteiger partial charge in [0.25, 0.3) is 0 Å². The van der Waals surface area contributed by atoms with E-state index in [1.54, 1.807) is 0 Å². The van der Waals surface area contributed by atoms with Crippen LogP contribution in [0.5, 0.6) is 0 Å². The van der Waals surface area contributed by atoms with Gasteiger partial charge < -0.3 is 5.11 Å². The van der Waals surface area contributed by atoms with Gasteiger partial charge in [-0.3, -0.25) is 15.6 Å². The number of anilines is 1. The molecule has 0 aromatic heterocycles. The molecule has 70 valence electrons. The molecule has 0 fully saturated rings. The molecule has 3 N–H and O–H groups in total. The van der Waals surface area contributed by atoms with Gasteiger partial charge in [-0.25, -0.2) is 0 Å². The van der Waals surface area contributed by atoms with Gasteiger partial charge in [-0.2, -0.15) is 0 Å². The molecule has 0 aliphatic rings. The van der Waals surface area contributed by atoms with Gasteiger partial charge in [-0.05, 0) is 12.1 Å². The number of aliphatic hydroxyl groups is 1. The summed E-state index contributed by atoms with van der Waals surface area (Å²) in [4.78, 5) is 10.9. The Morgan fingerprint density at radius 1 is 1.31 bits per heavy atom. The lowest BCUT2D eigenvalue weighted by molar-refractivity contribution is -0.121. The Morgan fingerprint density at radius 3 is 2.62 bits per heavy atom. The van der Waals surface area contributed by atoms with Crippen LogP contribution in [-0.2, 0) is 4.79 Å². The van der Waals surface area contributed by atoms with Gasteiger partial charge in [0.15, 0.2) is 0 Å². The van der Waals surface area contributed by atoms with Crippen molar-refractivity contribution in [2.45, 2.75) is 6.42 Å². The fourth-order valence-corrected chi connectivity index (χ4v) is 0.827. The summed E-state index contributed by atoms with van der Waals surface area (Å²) in [5.41, 5.74) is 5.98. The summed E-state index contributed by atoms with van der Waals surface area (Å²) < 4.78 is 0. The molecule has 1 aromatic rings. The molecule has 1 rings (SSSR count). The van der Waals surface area contributed by atoms with Crippen molar-refractivity contribution in [3.63, 3.8) is 0 Å². The molecule has 0 saturated heterocycles. The van der Waals surface area contributed by atoms with E-state index in [-0.39, 0.29) is 18.9 Å². The molecular weight excluding hydrogens is 168 g/mol. The number of hydrogen-bond donors (Lipinski definition) is 3. The van der Waals surface area contributed by atoms with Crippen molar-refractivity contribution in [2.75, 3.05) is 12.0 Å². The van der Waals surface area contributed by atoms with Crippen LogP contribution in [0.15, 0.2) is 30.3 Å². The quantitative estimate of drug-likeness (QED) is 0.592.